The molecule has 5 heteroatoms. The fourth-order valence-electron chi connectivity index (χ4n) is 1.44. The summed E-state index contributed by atoms with van der Waals surface area (Å²) in [5.74, 6) is 0.177. The van der Waals surface area contributed by atoms with Crippen molar-refractivity contribution in [3.63, 3.8) is 0 Å². The zero-order valence-electron chi connectivity index (χ0n) is 8.42. The van der Waals surface area contributed by atoms with Crippen LogP contribution in [-0.4, -0.2) is 19.8 Å². The summed E-state index contributed by atoms with van der Waals surface area (Å²) in [5, 5.41) is 19.4. The summed E-state index contributed by atoms with van der Waals surface area (Å²) in [4.78, 5) is 3.85. The van der Waals surface area contributed by atoms with E-state index < -0.39 is 6.10 Å². The molecule has 2 aromatic rings. The Morgan fingerprint density at radius 2 is 2.00 bits per heavy atom. The van der Waals surface area contributed by atoms with Crippen molar-refractivity contribution in [1.29, 1.82) is 0 Å². The van der Waals surface area contributed by atoms with Crippen molar-refractivity contribution in [2.75, 3.05) is 0 Å². The van der Waals surface area contributed by atoms with Crippen LogP contribution in [0.1, 0.15) is 11.7 Å². The third-order valence-electron chi connectivity index (χ3n) is 2.31. The highest BCUT2D eigenvalue weighted by molar-refractivity contribution is 6.28. The van der Waals surface area contributed by atoms with E-state index in [1.54, 1.807) is 29.1 Å². The third-order valence-corrected chi connectivity index (χ3v) is 2.63. The fourth-order valence-corrected chi connectivity index (χ4v) is 1.62. The van der Waals surface area contributed by atoms with Crippen molar-refractivity contribution < 1.29 is 10.2 Å². The number of phenolic OH excluding ortho intramolecular Hbond substituents is 1. The van der Waals surface area contributed by atoms with Crippen molar-refractivity contribution in [2.24, 2.45) is 0 Å². The van der Waals surface area contributed by atoms with E-state index in [4.69, 9.17) is 16.7 Å². The van der Waals surface area contributed by atoms with E-state index in [1.807, 2.05) is 0 Å². The predicted octanol–water partition coefficient (Wildman–Crippen LogP) is 1.98. The molecule has 0 fully saturated rings. The van der Waals surface area contributed by atoms with Crippen LogP contribution in [0.3, 0.4) is 0 Å². The number of aromatic nitrogens is 2. The van der Waals surface area contributed by atoms with Crippen LogP contribution in [0, 0.1) is 0 Å². The number of nitrogens with zero attached hydrogens (tertiary/aromatic N) is 2. The first-order valence-electron chi connectivity index (χ1n) is 4.80. The van der Waals surface area contributed by atoms with E-state index >= 15 is 0 Å². The average molecular weight is 239 g/mol. The van der Waals surface area contributed by atoms with E-state index in [2.05, 4.69) is 4.98 Å². The lowest BCUT2D eigenvalue weighted by Crippen LogP contribution is -2.07. The molecule has 1 aromatic heterocycles. The second-order valence-electron chi connectivity index (χ2n) is 3.46. The van der Waals surface area contributed by atoms with E-state index in [0.29, 0.717) is 11.8 Å². The van der Waals surface area contributed by atoms with E-state index in [-0.39, 0.29) is 5.75 Å². The van der Waals surface area contributed by atoms with Gasteiger partial charge in [0.05, 0.1) is 12.6 Å². The Bertz CT molecular complexity index is 467. The lowest BCUT2D eigenvalue weighted by molar-refractivity contribution is 0.156. The monoisotopic (exact) mass is 238 g/mol. The molecule has 1 aromatic carbocycles. The summed E-state index contributed by atoms with van der Waals surface area (Å²) in [5.41, 5.74) is 0.725. The molecule has 0 bridgehead atoms. The minimum atomic E-state index is -0.674. The topological polar surface area (TPSA) is 58.3 Å². The van der Waals surface area contributed by atoms with Gasteiger partial charge in [0, 0.05) is 12.4 Å². The first kappa shape index (κ1) is 11.0. The highest BCUT2D eigenvalue weighted by Crippen LogP contribution is 2.19. The summed E-state index contributed by atoms with van der Waals surface area (Å²) in [7, 11) is 0. The molecule has 1 unspecified atom stereocenters. The van der Waals surface area contributed by atoms with Crippen molar-refractivity contribution in [3.05, 3.63) is 47.5 Å². The quantitative estimate of drug-likeness (QED) is 0.860. The highest BCUT2D eigenvalue weighted by Gasteiger charge is 2.09. The lowest BCUT2D eigenvalue weighted by Gasteiger charge is -2.12. The molecular formula is C11H11ClN2O2. The number of rotatable bonds is 3. The molecule has 0 radical (unpaired) electrons. The van der Waals surface area contributed by atoms with Crippen LogP contribution in [0.4, 0.5) is 0 Å². The Hall–Kier alpha value is -1.52. The van der Waals surface area contributed by atoms with Gasteiger partial charge in [-0.2, -0.15) is 0 Å². The van der Waals surface area contributed by atoms with Gasteiger partial charge in [0.1, 0.15) is 5.75 Å². The second-order valence-corrected chi connectivity index (χ2v) is 3.79. The Balaban J connectivity index is 2.11. The van der Waals surface area contributed by atoms with Gasteiger partial charge < -0.3 is 14.8 Å². The first-order chi connectivity index (χ1) is 7.66. The number of aliphatic hydroxyl groups is 1. The number of halogens is 1. The summed E-state index contributed by atoms with van der Waals surface area (Å²) in [6.07, 6.45) is 2.60. The largest absolute Gasteiger partial charge is 0.508 e. The molecule has 0 spiro atoms. The van der Waals surface area contributed by atoms with Crippen LogP contribution in [-0.2, 0) is 6.54 Å². The lowest BCUT2D eigenvalue weighted by atomic mass is 10.1. The molecule has 0 aliphatic carbocycles. The maximum atomic E-state index is 9.92. The number of hydrogen-bond acceptors (Lipinski definition) is 3. The van der Waals surface area contributed by atoms with Crippen molar-refractivity contribution in [1.82, 2.24) is 9.55 Å². The molecule has 1 atom stereocenters. The Labute approximate surface area is 97.7 Å². The second kappa shape index (κ2) is 4.55. The number of hydrogen-bond donors (Lipinski definition) is 2. The van der Waals surface area contributed by atoms with Crippen molar-refractivity contribution in [3.8, 4) is 5.75 Å². The summed E-state index contributed by atoms with van der Waals surface area (Å²) >= 11 is 5.80. The standard InChI is InChI=1S/C11H11ClN2O2/c12-11-13-5-6-14(11)7-10(16)8-1-3-9(15)4-2-8/h1-6,10,15-16H,7H2. The molecule has 0 aliphatic rings. The average Bonchev–Trinajstić information content (AvgIpc) is 2.65. The third kappa shape index (κ3) is 2.35. The predicted molar refractivity (Wildman–Crippen MR) is 60.3 cm³/mol. The number of phenols is 1. The summed E-state index contributed by atoms with van der Waals surface area (Å²) < 4.78 is 1.65. The van der Waals surface area contributed by atoms with Crippen molar-refractivity contribution >= 4 is 11.6 Å². The van der Waals surface area contributed by atoms with E-state index in [1.165, 1.54) is 12.1 Å². The molecule has 2 rings (SSSR count). The van der Waals surface area contributed by atoms with E-state index in [0.717, 1.165) is 5.56 Å². The molecule has 0 amide bonds. The molecule has 16 heavy (non-hydrogen) atoms. The zero-order chi connectivity index (χ0) is 11.5. The smallest absolute Gasteiger partial charge is 0.202 e. The van der Waals surface area contributed by atoms with Gasteiger partial charge >= 0.3 is 0 Å². The van der Waals surface area contributed by atoms with Gasteiger partial charge in [-0.15, -0.1) is 0 Å². The van der Waals surface area contributed by atoms with Gasteiger partial charge in [-0.3, -0.25) is 0 Å². The Kier molecular flexibility index (Phi) is 3.12. The highest BCUT2D eigenvalue weighted by atomic mass is 35.5. The van der Waals surface area contributed by atoms with Gasteiger partial charge in [0.25, 0.3) is 0 Å². The first-order valence-corrected chi connectivity index (χ1v) is 5.18. The van der Waals surface area contributed by atoms with Crippen LogP contribution in [0.15, 0.2) is 36.7 Å². The van der Waals surface area contributed by atoms with Crippen LogP contribution in [0.5, 0.6) is 5.75 Å². The van der Waals surface area contributed by atoms with Crippen molar-refractivity contribution in [2.45, 2.75) is 12.6 Å². The normalized spacial score (nSPS) is 12.6. The van der Waals surface area contributed by atoms with Crippen LogP contribution in [0.2, 0.25) is 5.28 Å². The van der Waals surface area contributed by atoms with Crippen LogP contribution >= 0.6 is 11.6 Å². The molecule has 0 saturated heterocycles. The fraction of sp³-hybridized carbons (Fsp3) is 0.182. The minimum Gasteiger partial charge on any atom is -0.508 e. The number of aliphatic hydroxyl groups excluding tert-OH is 1. The maximum absolute atomic E-state index is 9.92. The molecule has 0 saturated carbocycles. The number of imidazole rings is 1. The molecule has 2 N–H and O–H groups in total. The minimum absolute atomic E-state index is 0.177. The summed E-state index contributed by atoms with van der Waals surface area (Å²) in [6.45, 7) is 0.337. The van der Waals surface area contributed by atoms with E-state index in [9.17, 15) is 5.11 Å². The van der Waals surface area contributed by atoms with Crippen LogP contribution in [0.25, 0.3) is 0 Å². The van der Waals surface area contributed by atoms with Gasteiger partial charge in [-0.05, 0) is 29.3 Å². The Morgan fingerprint density at radius 1 is 1.31 bits per heavy atom. The van der Waals surface area contributed by atoms with Gasteiger partial charge in [0.15, 0.2) is 0 Å². The molecule has 1 heterocycles. The Morgan fingerprint density at radius 3 is 2.56 bits per heavy atom. The van der Waals surface area contributed by atoms with Gasteiger partial charge in [-0.1, -0.05) is 12.1 Å². The molecular weight excluding hydrogens is 228 g/mol. The maximum Gasteiger partial charge on any atom is 0.202 e. The SMILES string of the molecule is Oc1ccc(C(O)Cn2ccnc2Cl)cc1. The number of benzene rings is 1. The molecule has 0 aliphatic heterocycles. The molecule has 84 valence electrons. The number of aromatic hydroxyl groups is 1. The van der Waals surface area contributed by atoms with Gasteiger partial charge in [-0.25, -0.2) is 4.98 Å². The van der Waals surface area contributed by atoms with Gasteiger partial charge in [0.2, 0.25) is 5.28 Å². The van der Waals surface area contributed by atoms with Crippen LogP contribution < -0.4 is 0 Å². The zero-order valence-corrected chi connectivity index (χ0v) is 9.17. The molecule has 4 nitrogen and oxygen atoms in total. The summed E-state index contributed by atoms with van der Waals surface area (Å²) in [6, 6.07) is 6.41.